The fourth-order valence-electron chi connectivity index (χ4n) is 1.66. The average Bonchev–Trinajstić information content (AvgIpc) is 2.44. The van der Waals surface area contributed by atoms with E-state index in [1.54, 1.807) is 26.0 Å². The third-order valence-electron chi connectivity index (χ3n) is 2.57. The number of hydrogen-bond donors (Lipinski definition) is 1. The van der Waals surface area contributed by atoms with Gasteiger partial charge in [0.15, 0.2) is 0 Å². The van der Waals surface area contributed by atoms with Gasteiger partial charge < -0.3 is 10.1 Å². The summed E-state index contributed by atoms with van der Waals surface area (Å²) in [5.41, 5.74) is 1.13. The summed E-state index contributed by atoms with van der Waals surface area (Å²) in [6.07, 6.45) is 1.27. The van der Waals surface area contributed by atoms with E-state index in [2.05, 4.69) is 10.3 Å². The molecule has 0 fully saturated rings. The fourth-order valence-corrected chi connectivity index (χ4v) is 1.89. The molecular weight excluding hydrogens is 293 g/mol. The van der Waals surface area contributed by atoms with Crippen LogP contribution in [0, 0.1) is 17.1 Å². The number of nitrogens with one attached hydrogen (secondary N) is 1. The van der Waals surface area contributed by atoms with E-state index in [0.29, 0.717) is 16.3 Å². The number of halogens is 2. The van der Waals surface area contributed by atoms with Crippen LogP contribution in [0.5, 0.6) is 5.88 Å². The molecule has 0 atom stereocenters. The number of ether oxygens (including phenoxy) is 1. The van der Waals surface area contributed by atoms with Crippen molar-refractivity contribution in [3.8, 4) is 11.9 Å². The lowest BCUT2D eigenvalue weighted by atomic mass is 10.2. The molecule has 6 heteroatoms. The standard InChI is InChI=1S/C15H13ClFN3O/c1-9(2)21-15-14(17)13(5-6-19-15)20-12-4-3-10(8-18)7-11(12)16/h3-7,9H,1-2H3,(H,19,20). The van der Waals surface area contributed by atoms with Gasteiger partial charge in [0.2, 0.25) is 5.82 Å². The summed E-state index contributed by atoms with van der Waals surface area (Å²) >= 11 is 6.05. The maximum absolute atomic E-state index is 14.3. The highest BCUT2D eigenvalue weighted by molar-refractivity contribution is 6.33. The van der Waals surface area contributed by atoms with Crippen LogP contribution in [-0.4, -0.2) is 11.1 Å². The van der Waals surface area contributed by atoms with E-state index < -0.39 is 5.82 Å². The molecule has 4 nitrogen and oxygen atoms in total. The van der Waals surface area contributed by atoms with Crippen LogP contribution in [0.1, 0.15) is 19.4 Å². The maximum atomic E-state index is 14.3. The highest BCUT2D eigenvalue weighted by atomic mass is 35.5. The molecule has 0 aliphatic carbocycles. The molecule has 0 amide bonds. The molecule has 0 unspecified atom stereocenters. The molecule has 1 heterocycles. The van der Waals surface area contributed by atoms with Crippen molar-refractivity contribution in [1.82, 2.24) is 4.98 Å². The van der Waals surface area contributed by atoms with Crippen molar-refractivity contribution in [2.24, 2.45) is 0 Å². The molecule has 1 N–H and O–H groups in total. The molecule has 0 saturated carbocycles. The minimum Gasteiger partial charge on any atom is -0.473 e. The van der Waals surface area contributed by atoms with Crippen LogP contribution in [0.3, 0.4) is 0 Å². The summed E-state index contributed by atoms with van der Waals surface area (Å²) in [7, 11) is 0. The highest BCUT2D eigenvalue weighted by Crippen LogP contribution is 2.30. The molecule has 0 saturated heterocycles. The van der Waals surface area contributed by atoms with Crippen LogP contribution in [0.25, 0.3) is 0 Å². The zero-order chi connectivity index (χ0) is 15.4. The van der Waals surface area contributed by atoms with E-state index in [1.807, 2.05) is 6.07 Å². The first-order chi connectivity index (χ1) is 10.0. The number of nitriles is 1. The Morgan fingerprint density at radius 3 is 2.71 bits per heavy atom. The van der Waals surface area contributed by atoms with Crippen molar-refractivity contribution in [3.63, 3.8) is 0 Å². The van der Waals surface area contributed by atoms with Gasteiger partial charge in [-0.25, -0.2) is 4.98 Å². The van der Waals surface area contributed by atoms with E-state index in [9.17, 15) is 4.39 Å². The molecule has 21 heavy (non-hydrogen) atoms. The topological polar surface area (TPSA) is 57.9 Å². The predicted octanol–water partition coefficient (Wildman–Crippen LogP) is 4.28. The number of anilines is 2. The zero-order valence-electron chi connectivity index (χ0n) is 11.5. The number of hydrogen-bond acceptors (Lipinski definition) is 4. The Bertz CT molecular complexity index is 698. The van der Waals surface area contributed by atoms with Gasteiger partial charge in [0.1, 0.15) is 0 Å². The summed E-state index contributed by atoms with van der Waals surface area (Å²) < 4.78 is 19.5. The van der Waals surface area contributed by atoms with Crippen molar-refractivity contribution in [3.05, 3.63) is 46.9 Å². The van der Waals surface area contributed by atoms with Gasteiger partial charge in [-0.1, -0.05) is 11.6 Å². The number of nitrogens with zero attached hydrogens (tertiary/aromatic N) is 2. The normalized spacial score (nSPS) is 10.3. The first kappa shape index (κ1) is 15.1. The minimum absolute atomic E-state index is 0.0697. The van der Waals surface area contributed by atoms with Crippen molar-refractivity contribution in [2.75, 3.05) is 5.32 Å². The van der Waals surface area contributed by atoms with Crippen LogP contribution >= 0.6 is 11.6 Å². The van der Waals surface area contributed by atoms with E-state index >= 15 is 0 Å². The van der Waals surface area contributed by atoms with Crippen molar-refractivity contribution < 1.29 is 9.13 Å². The molecule has 1 aromatic heterocycles. The second kappa shape index (κ2) is 6.42. The fraction of sp³-hybridized carbons (Fsp3) is 0.200. The highest BCUT2D eigenvalue weighted by Gasteiger charge is 2.13. The number of benzene rings is 1. The molecule has 0 aliphatic rings. The molecular formula is C15H13ClFN3O. The number of rotatable bonds is 4. The van der Waals surface area contributed by atoms with Gasteiger partial charge in [-0.2, -0.15) is 9.65 Å². The lowest BCUT2D eigenvalue weighted by Gasteiger charge is -2.13. The lowest BCUT2D eigenvalue weighted by Crippen LogP contribution is -2.09. The second-order valence-electron chi connectivity index (χ2n) is 4.58. The van der Waals surface area contributed by atoms with Gasteiger partial charge >= 0.3 is 0 Å². The van der Waals surface area contributed by atoms with Gasteiger partial charge in [-0.3, -0.25) is 0 Å². The van der Waals surface area contributed by atoms with Gasteiger partial charge in [0.05, 0.1) is 34.1 Å². The first-order valence-electron chi connectivity index (χ1n) is 6.29. The monoisotopic (exact) mass is 305 g/mol. The first-order valence-corrected chi connectivity index (χ1v) is 6.67. The predicted molar refractivity (Wildman–Crippen MR) is 79.4 cm³/mol. The number of pyridine rings is 1. The Labute approximate surface area is 127 Å². The van der Waals surface area contributed by atoms with Crippen LogP contribution in [-0.2, 0) is 0 Å². The van der Waals surface area contributed by atoms with E-state index in [-0.39, 0.29) is 17.7 Å². The second-order valence-corrected chi connectivity index (χ2v) is 4.98. The van der Waals surface area contributed by atoms with Gasteiger partial charge in [0.25, 0.3) is 5.88 Å². The molecule has 2 aromatic rings. The Balaban J connectivity index is 2.30. The van der Waals surface area contributed by atoms with Crippen molar-refractivity contribution >= 4 is 23.0 Å². The van der Waals surface area contributed by atoms with Gasteiger partial charge in [-0.05, 0) is 38.1 Å². The van der Waals surface area contributed by atoms with E-state index in [0.717, 1.165) is 0 Å². The van der Waals surface area contributed by atoms with E-state index in [4.69, 9.17) is 21.6 Å². The van der Waals surface area contributed by atoms with Crippen molar-refractivity contribution in [1.29, 1.82) is 5.26 Å². The summed E-state index contributed by atoms with van der Waals surface area (Å²) in [5, 5.41) is 12.0. The number of aromatic nitrogens is 1. The molecule has 0 aliphatic heterocycles. The smallest absolute Gasteiger partial charge is 0.252 e. The van der Waals surface area contributed by atoms with Crippen LogP contribution in [0.15, 0.2) is 30.5 Å². The summed E-state index contributed by atoms with van der Waals surface area (Å²) in [6, 6.07) is 8.19. The molecule has 0 bridgehead atoms. The average molecular weight is 306 g/mol. The Kier molecular flexibility index (Phi) is 4.61. The molecule has 1 aromatic carbocycles. The molecule has 0 radical (unpaired) electrons. The largest absolute Gasteiger partial charge is 0.473 e. The third kappa shape index (κ3) is 3.61. The Morgan fingerprint density at radius 1 is 1.33 bits per heavy atom. The maximum Gasteiger partial charge on any atom is 0.252 e. The summed E-state index contributed by atoms with van der Waals surface area (Å²) in [5.74, 6) is -0.661. The summed E-state index contributed by atoms with van der Waals surface area (Å²) in [4.78, 5) is 3.86. The third-order valence-corrected chi connectivity index (χ3v) is 2.88. The Hall–Kier alpha value is -2.32. The summed E-state index contributed by atoms with van der Waals surface area (Å²) in [6.45, 7) is 3.58. The van der Waals surface area contributed by atoms with Gasteiger partial charge in [-0.15, -0.1) is 0 Å². The minimum atomic E-state index is -0.591. The Morgan fingerprint density at radius 2 is 2.10 bits per heavy atom. The SMILES string of the molecule is CC(C)Oc1nccc(Nc2ccc(C#N)cc2Cl)c1F. The molecule has 2 rings (SSSR count). The lowest BCUT2D eigenvalue weighted by molar-refractivity contribution is 0.221. The van der Waals surface area contributed by atoms with Crippen LogP contribution in [0.4, 0.5) is 15.8 Å². The quantitative estimate of drug-likeness (QED) is 0.916. The van der Waals surface area contributed by atoms with Crippen molar-refractivity contribution in [2.45, 2.75) is 20.0 Å². The van der Waals surface area contributed by atoms with Gasteiger partial charge in [0, 0.05) is 6.20 Å². The van der Waals surface area contributed by atoms with Crippen LogP contribution in [0.2, 0.25) is 5.02 Å². The molecule has 0 spiro atoms. The van der Waals surface area contributed by atoms with Crippen LogP contribution < -0.4 is 10.1 Å². The van der Waals surface area contributed by atoms with E-state index in [1.165, 1.54) is 18.3 Å². The molecule has 108 valence electrons. The zero-order valence-corrected chi connectivity index (χ0v) is 12.3.